The Bertz CT molecular complexity index is 492. The second kappa shape index (κ2) is 4.10. The van der Waals surface area contributed by atoms with Crippen LogP contribution in [0.1, 0.15) is 23.7 Å². The largest absolute Gasteiger partial charge is 0.383 e. The fourth-order valence-corrected chi connectivity index (χ4v) is 1.73. The smallest absolute Gasteiger partial charge is 0.263 e. The van der Waals surface area contributed by atoms with Gasteiger partial charge in [0.05, 0.1) is 12.1 Å². The Balaban J connectivity index is 2.32. The van der Waals surface area contributed by atoms with Crippen LogP contribution in [0.2, 0.25) is 0 Å². The number of carbonyl (C=O) groups is 3. The highest BCUT2D eigenvalue weighted by molar-refractivity contribution is 6.22. The van der Waals surface area contributed by atoms with Gasteiger partial charge in [0.1, 0.15) is 6.10 Å². The molecule has 2 amide bonds. The first kappa shape index (κ1) is 11.5. The number of amides is 2. The number of imide groups is 1. The molecule has 1 aliphatic heterocycles. The molecule has 0 aliphatic carbocycles. The van der Waals surface area contributed by atoms with Gasteiger partial charge in [0.25, 0.3) is 5.91 Å². The second-order valence-electron chi connectivity index (χ2n) is 3.89. The van der Waals surface area contributed by atoms with E-state index < -0.39 is 17.9 Å². The van der Waals surface area contributed by atoms with Gasteiger partial charge in [-0.1, -0.05) is 0 Å². The maximum atomic E-state index is 11.5. The summed E-state index contributed by atoms with van der Waals surface area (Å²) in [5.74, 6) is -1.14. The van der Waals surface area contributed by atoms with E-state index in [1.165, 1.54) is 19.1 Å². The van der Waals surface area contributed by atoms with Crippen molar-refractivity contribution in [1.82, 2.24) is 0 Å². The molecule has 1 aromatic rings. The molecule has 88 valence electrons. The number of aliphatic hydroxyl groups is 1. The zero-order valence-electron chi connectivity index (χ0n) is 9.21. The third-order valence-corrected chi connectivity index (χ3v) is 2.65. The van der Waals surface area contributed by atoms with E-state index in [-0.39, 0.29) is 12.2 Å². The molecule has 1 saturated heterocycles. The molecular formula is C12H11NO4. The molecule has 5 heteroatoms. The van der Waals surface area contributed by atoms with Crippen LogP contribution in [0.3, 0.4) is 0 Å². The minimum atomic E-state index is -1.25. The van der Waals surface area contributed by atoms with E-state index in [1.807, 2.05) is 0 Å². The average Bonchev–Trinajstić information content (AvgIpc) is 2.53. The fraction of sp³-hybridized carbons (Fsp3) is 0.250. The van der Waals surface area contributed by atoms with Gasteiger partial charge in [-0.3, -0.25) is 14.4 Å². The number of ketones is 1. The SMILES string of the molecule is CC(=O)c1ccc(N2C(=O)CC(O)C2=O)cc1. The van der Waals surface area contributed by atoms with Crippen molar-refractivity contribution in [3.05, 3.63) is 29.8 Å². The maximum absolute atomic E-state index is 11.5. The van der Waals surface area contributed by atoms with E-state index in [1.54, 1.807) is 12.1 Å². The lowest BCUT2D eigenvalue weighted by Gasteiger charge is -2.13. The number of carbonyl (C=O) groups excluding carboxylic acids is 3. The minimum Gasteiger partial charge on any atom is -0.383 e. The molecular weight excluding hydrogens is 222 g/mol. The Hall–Kier alpha value is -2.01. The summed E-state index contributed by atoms with van der Waals surface area (Å²) in [6.45, 7) is 1.44. The van der Waals surface area contributed by atoms with Crippen LogP contribution >= 0.6 is 0 Å². The van der Waals surface area contributed by atoms with Crippen molar-refractivity contribution < 1.29 is 19.5 Å². The summed E-state index contributed by atoms with van der Waals surface area (Å²) in [5, 5.41) is 9.28. The summed E-state index contributed by atoms with van der Waals surface area (Å²) in [6, 6.07) is 6.13. The molecule has 17 heavy (non-hydrogen) atoms. The first-order valence-electron chi connectivity index (χ1n) is 5.16. The van der Waals surface area contributed by atoms with E-state index in [4.69, 9.17) is 0 Å². The quantitative estimate of drug-likeness (QED) is 0.596. The van der Waals surface area contributed by atoms with Gasteiger partial charge in [-0.15, -0.1) is 0 Å². The second-order valence-corrected chi connectivity index (χ2v) is 3.89. The Morgan fingerprint density at radius 3 is 2.29 bits per heavy atom. The Kier molecular flexibility index (Phi) is 2.77. The highest BCUT2D eigenvalue weighted by atomic mass is 16.3. The molecule has 0 saturated carbocycles. The predicted molar refractivity (Wildman–Crippen MR) is 59.6 cm³/mol. The molecule has 2 rings (SSSR count). The third kappa shape index (κ3) is 1.97. The first-order chi connectivity index (χ1) is 8.00. The van der Waals surface area contributed by atoms with Gasteiger partial charge in [-0.2, -0.15) is 0 Å². The van der Waals surface area contributed by atoms with Crippen LogP contribution in [0.4, 0.5) is 5.69 Å². The molecule has 1 aliphatic rings. The Morgan fingerprint density at radius 2 is 1.88 bits per heavy atom. The number of Topliss-reactive ketones (excluding diaryl/α,β-unsaturated/α-hetero) is 1. The summed E-state index contributed by atoms with van der Waals surface area (Å²) in [5.41, 5.74) is 0.884. The van der Waals surface area contributed by atoms with Gasteiger partial charge in [0, 0.05) is 5.56 Å². The summed E-state index contributed by atoms with van der Waals surface area (Å²) < 4.78 is 0. The summed E-state index contributed by atoms with van der Waals surface area (Å²) in [4.78, 5) is 35.0. The van der Waals surface area contributed by atoms with Gasteiger partial charge in [-0.05, 0) is 31.2 Å². The molecule has 1 N–H and O–H groups in total. The lowest BCUT2D eigenvalue weighted by Crippen LogP contribution is -2.31. The molecule has 1 heterocycles. The van der Waals surface area contributed by atoms with Crippen molar-refractivity contribution in [2.45, 2.75) is 19.4 Å². The zero-order chi connectivity index (χ0) is 12.6. The van der Waals surface area contributed by atoms with Crippen molar-refractivity contribution in [3.63, 3.8) is 0 Å². The molecule has 1 fully saturated rings. The molecule has 1 unspecified atom stereocenters. The standard InChI is InChI=1S/C12H11NO4/c1-7(14)8-2-4-9(5-3-8)13-11(16)6-10(15)12(13)17/h2-5,10,15H,6H2,1H3. The van der Waals surface area contributed by atoms with Gasteiger partial charge >= 0.3 is 0 Å². The monoisotopic (exact) mass is 233 g/mol. The summed E-state index contributed by atoms with van der Waals surface area (Å²) >= 11 is 0. The highest BCUT2D eigenvalue weighted by Crippen LogP contribution is 2.23. The molecule has 1 aromatic carbocycles. The number of hydrogen-bond donors (Lipinski definition) is 1. The van der Waals surface area contributed by atoms with Gasteiger partial charge < -0.3 is 5.11 Å². The molecule has 0 bridgehead atoms. The van der Waals surface area contributed by atoms with E-state index in [0.717, 1.165) is 4.90 Å². The van der Waals surface area contributed by atoms with Crippen LogP contribution in [0.15, 0.2) is 24.3 Å². The maximum Gasteiger partial charge on any atom is 0.263 e. The van der Waals surface area contributed by atoms with Gasteiger partial charge in [0.15, 0.2) is 5.78 Å². The Labute approximate surface area is 97.7 Å². The minimum absolute atomic E-state index is 0.0874. The van der Waals surface area contributed by atoms with Crippen molar-refractivity contribution >= 4 is 23.3 Å². The lowest BCUT2D eigenvalue weighted by molar-refractivity contribution is -0.124. The fourth-order valence-electron chi connectivity index (χ4n) is 1.73. The van der Waals surface area contributed by atoms with Crippen molar-refractivity contribution in [2.75, 3.05) is 4.90 Å². The predicted octanol–water partition coefficient (Wildman–Crippen LogP) is 0.513. The average molecular weight is 233 g/mol. The molecule has 1 atom stereocenters. The first-order valence-corrected chi connectivity index (χ1v) is 5.16. The van der Waals surface area contributed by atoms with Crippen LogP contribution in [0, 0.1) is 0 Å². The van der Waals surface area contributed by atoms with E-state index in [2.05, 4.69) is 0 Å². The lowest BCUT2D eigenvalue weighted by atomic mass is 10.1. The number of nitrogens with zero attached hydrogens (tertiary/aromatic N) is 1. The summed E-state index contributed by atoms with van der Waals surface area (Å²) in [7, 11) is 0. The van der Waals surface area contributed by atoms with E-state index in [9.17, 15) is 19.5 Å². The Morgan fingerprint density at radius 1 is 1.29 bits per heavy atom. The van der Waals surface area contributed by atoms with E-state index in [0.29, 0.717) is 11.3 Å². The van der Waals surface area contributed by atoms with Crippen LogP contribution in [-0.4, -0.2) is 28.8 Å². The number of anilines is 1. The van der Waals surface area contributed by atoms with Crippen LogP contribution in [0.25, 0.3) is 0 Å². The number of hydrogen-bond acceptors (Lipinski definition) is 4. The number of rotatable bonds is 2. The molecule has 0 spiro atoms. The zero-order valence-corrected chi connectivity index (χ0v) is 9.21. The van der Waals surface area contributed by atoms with Crippen LogP contribution in [0.5, 0.6) is 0 Å². The molecule has 5 nitrogen and oxygen atoms in total. The van der Waals surface area contributed by atoms with E-state index >= 15 is 0 Å². The van der Waals surface area contributed by atoms with Crippen LogP contribution < -0.4 is 4.90 Å². The highest BCUT2D eigenvalue weighted by Gasteiger charge is 2.38. The molecule has 0 radical (unpaired) electrons. The normalized spacial score (nSPS) is 19.9. The van der Waals surface area contributed by atoms with Crippen molar-refractivity contribution in [3.8, 4) is 0 Å². The van der Waals surface area contributed by atoms with Gasteiger partial charge in [-0.25, -0.2) is 4.90 Å². The number of aliphatic hydroxyl groups excluding tert-OH is 1. The van der Waals surface area contributed by atoms with Gasteiger partial charge in [0.2, 0.25) is 5.91 Å². The topological polar surface area (TPSA) is 74.7 Å². The summed E-state index contributed by atoms with van der Waals surface area (Å²) in [6.07, 6.45) is -1.44. The number of benzene rings is 1. The molecule has 0 aromatic heterocycles. The van der Waals surface area contributed by atoms with Crippen LogP contribution in [-0.2, 0) is 9.59 Å². The van der Waals surface area contributed by atoms with Crippen molar-refractivity contribution in [2.24, 2.45) is 0 Å². The third-order valence-electron chi connectivity index (χ3n) is 2.65. The van der Waals surface area contributed by atoms with Crippen molar-refractivity contribution in [1.29, 1.82) is 0 Å².